The van der Waals surface area contributed by atoms with E-state index in [1.165, 1.54) is 12.1 Å². The summed E-state index contributed by atoms with van der Waals surface area (Å²) in [5.74, 6) is 0.567. The molecular formula is C27H33F3N4O2. The minimum Gasteiger partial charge on any atom is -0.444 e. The number of anilines is 1. The maximum Gasteiger partial charge on any atom is 0.416 e. The Labute approximate surface area is 209 Å². The monoisotopic (exact) mass is 502 g/mol. The van der Waals surface area contributed by atoms with E-state index in [9.17, 15) is 18.0 Å². The molecule has 3 aromatic rings. The summed E-state index contributed by atoms with van der Waals surface area (Å²) in [5.41, 5.74) is -0.613. The summed E-state index contributed by atoms with van der Waals surface area (Å²) in [6.07, 6.45) is -2.17. The van der Waals surface area contributed by atoms with Crippen LogP contribution >= 0.6 is 0 Å². The highest BCUT2D eigenvalue weighted by Crippen LogP contribution is 2.38. The lowest BCUT2D eigenvalue weighted by molar-refractivity contribution is -0.137. The molecule has 1 amide bonds. The zero-order valence-corrected chi connectivity index (χ0v) is 21.3. The maximum absolute atomic E-state index is 12.9. The van der Waals surface area contributed by atoms with Crippen molar-refractivity contribution in [3.63, 3.8) is 0 Å². The van der Waals surface area contributed by atoms with Crippen LogP contribution in [0.1, 0.15) is 59.4 Å². The number of nitrogens with zero attached hydrogens (tertiary/aromatic N) is 2. The Kier molecular flexibility index (Phi) is 8.11. The van der Waals surface area contributed by atoms with Crippen LogP contribution in [-0.2, 0) is 10.9 Å². The first-order chi connectivity index (χ1) is 17.0. The Bertz CT molecular complexity index is 1180. The molecule has 4 rings (SSSR count). The van der Waals surface area contributed by atoms with Gasteiger partial charge in [-0.1, -0.05) is 50.2 Å². The Morgan fingerprint density at radius 3 is 2.11 bits per heavy atom. The fourth-order valence-electron chi connectivity index (χ4n) is 3.98. The van der Waals surface area contributed by atoms with E-state index in [-0.39, 0.29) is 5.54 Å². The van der Waals surface area contributed by atoms with E-state index in [4.69, 9.17) is 4.74 Å². The molecule has 1 aliphatic rings. The normalized spacial score (nSPS) is 14.8. The Morgan fingerprint density at radius 2 is 1.58 bits per heavy atom. The number of carbonyl (C=O) groups is 1. The molecule has 0 radical (unpaired) electrons. The first-order valence-electron chi connectivity index (χ1n) is 12.1. The van der Waals surface area contributed by atoms with Gasteiger partial charge in [0.15, 0.2) is 5.82 Å². The molecule has 0 aliphatic heterocycles. The number of carbonyl (C=O) groups excluding carboxylic acids is 1. The van der Waals surface area contributed by atoms with E-state index in [2.05, 4.69) is 20.8 Å². The molecule has 1 fully saturated rings. The van der Waals surface area contributed by atoms with E-state index in [0.29, 0.717) is 23.6 Å². The fraction of sp³-hybridized carbons (Fsp3) is 0.444. The van der Waals surface area contributed by atoms with Crippen LogP contribution < -0.4 is 10.6 Å². The van der Waals surface area contributed by atoms with Crippen LogP contribution in [-0.4, -0.2) is 34.0 Å². The number of alkyl halides is 3. The first kappa shape index (κ1) is 27.2. The Morgan fingerprint density at radius 1 is 0.972 bits per heavy atom. The zero-order valence-electron chi connectivity index (χ0n) is 21.3. The van der Waals surface area contributed by atoms with Crippen LogP contribution in [0, 0.1) is 0 Å². The van der Waals surface area contributed by atoms with Crippen molar-refractivity contribution in [3.05, 3.63) is 54.1 Å². The number of rotatable bonds is 5. The number of amides is 1. The third kappa shape index (κ3) is 6.44. The molecule has 1 aromatic heterocycles. The average Bonchev–Trinajstić information content (AvgIpc) is 2.80. The number of hydrogen-bond donors (Lipinski definition) is 2. The maximum atomic E-state index is 12.9. The van der Waals surface area contributed by atoms with Crippen molar-refractivity contribution < 1.29 is 22.7 Å². The van der Waals surface area contributed by atoms with Crippen molar-refractivity contribution >= 4 is 22.7 Å². The summed E-state index contributed by atoms with van der Waals surface area (Å²) < 4.78 is 44.2. The van der Waals surface area contributed by atoms with Crippen LogP contribution in [0.2, 0.25) is 0 Å². The highest BCUT2D eigenvalue weighted by atomic mass is 19.4. The molecule has 0 bridgehead atoms. The molecule has 1 saturated carbocycles. The summed E-state index contributed by atoms with van der Waals surface area (Å²) in [7, 11) is 0. The van der Waals surface area contributed by atoms with Gasteiger partial charge in [0.25, 0.3) is 0 Å². The Hall–Kier alpha value is -3.36. The van der Waals surface area contributed by atoms with E-state index in [1.54, 1.807) is 0 Å². The second-order valence-corrected chi connectivity index (χ2v) is 9.63. The fourth-order valence-corrected chi connectivity index (χ4v) is 3.98. The van der Waals surface area contributed by atoms with E-state index >= 15 is 0 Å². The molecule has 2 N–H and O–H groups in total. The molecule has 0 saturated heterocycles. The van der Waals surface area contributed by atoms with Crippen LogP contribution in [0.4, 0.5) is 23.8 Å². The van der Waals surface area contributed by atoms with E-state index < -0.39 is 23.4 Å². The van der Waals surface area contributed by atoms with Crippen LogP contribution in [0.3, 0.4) is 0 Å². The summed E-state index contributed by atoms with van der Waals surface area (Å²) in [5, 5.41) is 16.6. The van der Waals surface area contributed by atoms with E-state index in [1.807, 2.05) is 58.9 Å². The van der Waals surface area contributed by atoms with Gasteiger partial charge in [-0.25, -0.2) is 4.79 Å². The first-order valence-corrected chi connectivity index (χ1v) is 12.1. The lowest BCUT2D eigenvalue weighted by Crippen LogP contribution is -2.54. The van der Waals surface area contributed by atoms with Crippen molar-refractivity contribution in [1.29, 1.82) is 0 Å². The summed E-state index contributed by atoms with van der Waals surface area (Å²) >= 11 is 0. The van der Waals surface area contributed by atoms with E-state index in [0.717, 1.165) is 42.2 Å². The van der Waals surface area contributed by atoms with Crippen molar-refractivity contribution in [3.8, 4) is 11.3 Å². The van der Waals surface area contributed by atoms with Gasteiger partial charge in [0.05, 0.1) is 11.1 Å². The molecule has 36 heavy (non-hydrogen) atoms. The molecule has 1 heterocycles. The second-order valence-electron chi connectivity index (χ2n) is 9.63. The van der Waals surface area contributed by atoms with Gasteiger partial charge in [-0.05, 0) is 52.2 Å². The lowest BCUT2D eigenvalue weighted by Gasteiger charge is -2.43. The molecule has 0 atom stereocenters. The number of fused-ring (bicyclic) bond motifs is 1. The minimum absolute atomic E-state index is 0.371. The van der Waals surface area contributed by atoms with Crippen LogP contribution in [0.25, 0.3) is 22.0 Å². The molecule has 194 valence electrons. The molecule has 1 aliphatic carbocycles. The SMILES string of the molecule is CC.CC(C)(C)OC(=O)NCC1(Nc2nnc(-c3ccc(C(F)(F)F)cc3)c3ccccc23)CCC1. The average molecular weight is 503 g/mol. The van der Waals surface area contributed by atoms with Gasteiger partial charge in [0, 0.05) is 22.9 Å². The van der Waals surface area contributed by atoms with Crippen molar-refractivity contribution in [2.45, 2.75) is 71.2 Å². The van der Waals surface area contributed by atoms with Gasteiger partial charge < -0.3 is 15.4 Å². The summed E-state index contributed by atoms with van der Waals surface area (Å²) in [6, 6.07) is 12.4. The van der Waals surface area contributed by atoms with Crippen LogP contribution in [0.15, 0.2) is 48.5 Å². The summed E-state index contributed by atoms with van der Waals surface area (Å²) in [4.78, 5) is 12.1. The molecule has 0 unspecified atom stereocenters. The molecule has 6 nitrogen and oxygen atoms in total. The summed E-state index contributed by atoms with van der Waals surface area (Å²) in [6.45, 7) is 9.80. The lowest BCUT2D eigenvalue weighted by atomic mass is 9.76. The van der Waals surface area contributed by atoms with Gasteiger partial charge >= 0.3 is 12.3 Å². The standard InChI is InChI=1S/C25H27F3N4O2.C2H6/c1-23(2,3)34-22(33)29-15-24(13-6-14-24)30-21-19-8-5-4-7-18(19)20(31-32-21)16-9-11-17(12-10-16)25(26,27)28;1-2/h4-5,7-12H,6,13-15H2,1-3H3,(H,29,33)(H,30,32);1-2H3. The third-order valence-electron chi connectivity index (χ3n) is 5.84. The molecular weight excluding hydrogens is 469 g/mol. The zero-order chi connectivity index (χ0) is 26.6. The second kappa shape index (κ2) is 10.7. The predicted octanol–water partition coefficient (Wildman–Crippen LogP) is 7.20. The number of nitrogens with one attached hydrogen (secondary N) is 2. The number of benzene rings is 2. The highest BCUT2D eigenvalue weighted by Gasteiger charge is 2.38. The minimum atomic E-state index is -4.40. The number of alkyl carbamates (subject to hydrolysis) is 1. The third-order valence-corrected chi connectivity index (χ3v) is 5.84. The number of ether oxygens (including phenoxy) is 1. The van der Waals surface area contributed by atoms with Crippen molar-refractivity contribution in [1.82, 2.24) is 15.5 Å². The van der Waals surface area contributed by atoms with Gasteiger partial charge in [0.2, 0.25) is 0 Å². The Balaban J connectivity index is 0.00000176. The smallest absolute Gasteiger partial charge is 0.416 e. The van der Waals surface area contributed by atoms with Crippen LogP contribution in [0.5, 0.6) is 0 Å². The van der Waals surface area contributed by atoms with Crippen molar-refractivity contribution in [2.75, 3.05) is 11.9 Å². The topological polar surface area (TPSA) is 76.1 Å². The molecule has 0 spiro atoms. The number of halogens is 3. The van der Waals surface area contributed by atoms with Gasteiger partial charge in [-0.3, -0.25) is 0 Å². The number of hydrogen-bond acceptors (Lipinski definition) is 5. The number of aromatic nitrogens is 2. The van der Waals surface area contributed by atoms with Gasteiger partial charge in [-0.15, -0.1) is 10.2 Å². The molecule has 2 aromatic carbocycles. The van der Waals surface area contributed by atoms with Gasteiger partial charge in [0.1, 0.15) is 11.3 Å². The largest absolute Gasteiger partial charge is 0.444 e. The quantitative estimate of drug-likeness (QED) is 0.386. The highest BCUT2D eigenvalue weighted by molar-refractivity contribution is 6.00. The molecule has 9 heteroatoms. The van der Waals surface area contributed by atoms with Gasteiger partial charge in [-0.2, -0.15) is 13.2 Å². The predicted molar refractivity (Wildman–Crippen MR) is 136 cm³/mol. The van der Waals surface area contributed by atoms with Crippen molar-refractivity contribution in [2.24, 2.45) is 0 Å².